The molecule has 1 amide bonds. The smallest absolute Gasteiger partial charge is 0.323 e. The summed E-state index contributed by atoms with van der Waals surface area (Å²) in [5, 5.41) is 6.20. The zero-order valence-corrected chi connectivity index (χ0v) is 14.3. The molecule has 0 saturated carbocycles. The summed E-state index contributed by atoms with van der Waals surface area (Å²) in [5.74, 6) is 1.44. The van der Waals surface area contributed by atoms with Gasteiger partial charge in [-0.15, -0.1) is 0 Å². The number of carbonyl (C=O) groups excluding carboxylic acids is 1. The van der Waals surface area contributed by atoms with Crippen molar-refractivity contribution in [3.8, 4) is 11.8 Å². The van der Waals surface area contributed by atoms with Crippen LogP contribution in [0.25, 0.3) is 0 Å². The van der Waals surface area contributed by atoms with E-state index in [1.54, 1.807) is 6.20 Å². The van der Waals surface area contributed by atoms with Gasteiger partial charge in [0.2, 0.25) is 5.91 Å². The molecule has 6 nitrogen and oxygen atoms in total. The lowest BCUT2D eigenvalue weighted by atomic mass is 10.0. The molecule has 1 aromatic heterocycles. The van der Waals surface area contributed by atoms with Crippen LogP contribution in [0.4, 0.5) is 17.2 Å². The third kappa shape index (κ3) is 3.49. The highest BCUT2D eigenvalue weighted by atomic mass is 16.5. The fourth-order valence-corrected chi connectivity index (χ4v) is 2.79. The van der Waals surface area contributed by atoms with Crippen LogP contribution >= 0.6 is 0 Å². The molecular weight excluding hydrogens is 328 g/mol. The average molecular weight is 346 g/mol. The van der Waals surface area contributed by atoms with Gasteiger partial charge in [0, 0.05) is 29.6 Å². The van der Waals surface area contributed by atoms with E-state index in [1.165, 1.54) is 0 Å². The van der Waals surface area contributed by atoms with E-state index in [0.717, 1.165) is 28.9 Å². The van der Waals surface area contributed by atoms with Gasteiger partial charge in [0.1, 0.15) is 11.6 Å². The van der Waals surface area contributed by atoms with Crippen LogP contribution < -0.4 is 15.4 Å². The summed E-state index contributed by atoms with van der Waals surface area (Å²) < 4.78 is 5.70. The van der Waals surface area contributed by atoms with E-state index in [2.05, 4.69) is 20.6 Å². The number of benzene rings is 2. The maximum Gasteiger partial charge on any atom is 0.323 e. The van der Waals surface area contributed by atoms with E-state index in [1.807, 2.05) is 55.5 Å². The summed E-state index contributed by atoms with van der Waals surface area (Å²) in [4.78, 5) is 20.2. The average Bonchev–Trinajstić information content (AvgIpc) is 2.65. The van der Waals surface area contributed by atoms with Crippen molar-refractivity contribution in [2.24, 2.45) is 0 Å². The number of fused-ring (bicyclic) bond motifs is 1. The van der Waals surface area contributed by atoms with Gasteiger partial charge in [-0.3, -0.25) is 4.79 Å². The molecule has 26 heavy (non-hydrogen) atoms. The molecule has 0 fully saturated rings. The molecule has 0 atom stereocenters. The Labute approximate surface area is 151 Å². The van der Waals surface area contributed by atoms with Crippen LogP contribution in [0.2, 0.25) is 0 Å². The Morgan fingerprint density at radius 3 is 2.81 bits per heavy atom. The molecular formula is C20H18N4O2. The van der Waals surface area contributed by atoms with Gasteiger partial charge in [-0.1, -0.05) is 18.2 Å². The molecule has 1 aliphatic rings. The van der Waals surface area contributed by atoms with Gasteiger partial charge in [-0.05, 0) is 49.2 Å². The number of anilines is 3. The first-order valence-electron chi connectivity index (χ1n) is 8.44. The van der Waals surface area contributed by atoms with Crippen molar-refractivity contribution in [1.29, 1.82) is 0 Å². The lowest BCUT2D eigenvalue weighted by Gasteiger charge is -2.18. The minimum absolute atomic E-state index is 0.0626. The lowest BCUT2D eigenvalue weighted by molar-refractivity contribution is -0.116. The molecule has 2 N–H and O–H groups in total. The summed E-state index contributed by atoms with van der Waals surface area (Å²) in [6.45, 7) is 1.94. The monoisotopic (exact) mass is 346 g/mol. The second-order valence-electron chi connectivity index (χ2n) is 6.14. The first-order chi connectivity index (χ1) is 12.7. The molecule has 2 aromatic carbocycles. The molecule has 0 radical (unpaired) electrons. The highest BCUT2D eigenvalue weighted by Crippen LogP contribution is 2.28. The molecule has 4 rings (SSSR count). The Kier molecular flexibility index (Phi) is 4.23. The first kappa shape index (κ1) is 16.1. The van der Waals surface area contributed by atoms with Gasteiger partial charge in [0.05, 0.1) is 0 Å². The predicted octanol–water partition coefficient (Wildman–Crippen LogP) is 4.21. The zero-order chi connectivity index (χ0) is 17.9. The van der Waals surface area contributed by atoms with Gasteiger partial charge in [0.15, 0.2) is 0 Å². The number of amides is 1. The molecule has 0 aliphatic carbocycles. The topological polar surface area (TPSA) is 76.1 Å². The number of nitrogens with zero attached hydrogens (tertiary/aromatic N) is 2. The summed E-state index contributed by atoms with van der Waals surface area (Å²) in [6.07, 6.45) is 2.98. The van der Waals surface area contributed by atoms with E-state index >= 15 is 0 Å². The number of aromatic nitrogens is 2. The Morgan fingerprint density at radius 1 is 1.12 bits per heavy atom. The minimum atomic E-state index is 0.0626. The largest absolute Gasteiger partial charge is 0.424 e. The zero-order valence-electron chi connectivity index (χ0n) is 14.3. The molecule has 0 bridgehead atoms. The van der Waals surface area contributed by atoms with Crippen LogP contribution in [0.5, 0.6) is 11.8 Å². The Bertz CT molecular complexity index is 957. The van der Waals surface area contributed by atoms with E-state index in [0.29, 0.717) is 18.0 Å². The van der Waals surface area contributed by atoms with E-state index in [9.17, 15) is 4.79 Å². The number of nitrogens with one attached hydrogen (secondary N) is 2. The number of para-hydroxylation sites is 1. The van der Waals surface area contributed by atoms with Gasteiger partial charge >= 0.3 is 6.01 Å². The Balaban J connectivity index is 1.56. The summed E-state index contributed by atoms with van der Waals surface area (Å²) in [5.41, 5.74) is 3.81. The second-order valence-corrected chi connectivity index (χ2v) is 6.14. The number of aryl methyl sites for hydroxylation is 2. The number of rotatable bonds is 4. The highest BCUT2D eigenvalue weighted by Gasteiger charge is 2.15. The summed E-state index contributed by atoms with van der Waals surface area (Å²) in [7, 11) is 0. The maximum atomic E-state index is 11.5. The Hall–Kier alpha value is -3.41. The third-order valence-corrected chi connectivity index (χ3v) is 4.17. The minimum Gasteiger partial charge on any atom is -0.424 e. The molecule has 0 unspecified atom stereocenters. The van der Waals surface area contributed by atoms with Crippen LogP contribution in [0.15, 0.2) is 54.7 Å². The molecule has 3 aromatic rings. The van der Waals surface area contributed by atoms with Crippen LogP contribution in [0.1, 0.15) is 17.5 Å². The van der Waals surface area contributed by atoms with E-state index in [4.69, 9.17) is 4.74 Å². The number of hydrogen-bond acceptors (Lipinski definition) is 5. The van der Waals surface area contributed by atoms with Gasteiger partial charge in [-0.2, -0.15) is 4.98 Å². The Morgan fingerprint density at radius 2 is 1.96 bits per heavy atom. The molecule has 1 aliphatic heterocycles. The standard InChI is InChI=1S/C20H18N4O2/c1-13-12-21-20(26-16-5-3-2-4-6-16)24-19(13)22-15-8-9-17-14(11-15)7-10-18(25)23-17/h2-6,8-9,11-12H,7,10H2,1H3,(H,23,25)(H,21,22,24). The molecule has 130 valence electrons. The van der Waals surface area contributed by atoms with Gasteiger partial charge < -0.3 is 15.4 Å². The van der Waals surface area contributed by atoms with Gasteiger partial charge in [0.25, 0.3) is 0 Å². The first-order valence-corrected chi connectivity index (χ1v) is 8.44. The van der Waals surface area contributed by atoms with Crippen LogP contribution in [-0.4, -0.2) is 15.9 Å². The fourth-order valence-electron chi connectivity index (χ4n) is 2.79. The normalized spacial score (nSPS) is 12.9. The molecule has 0 saturated heterocycles. The van der Waals surface area contributed by atoms with E-state index < -0.39 is 0 Å². The molecule has 0 spiro atoms. The van der Waals surface area contributed by atoms with Crippen LogP contribution in [0.3, 0.4) is 0 Å². The lowest BCUT2D eigenvalue weighted by Crippen LogP contribution is -2.18. The third-order valence-electron chi connectivity index (χ3n) is 4.17. The van der Waals surface area contributed by atoms with Crippen molar-refractivity contribution in [3.63, 3.8) is 0 Å². The quantitative estimate of drug-likeness (QED) is 0.740. The maximum absolute atomic E-state index is 11.5. The van der Waals surface area contributed by atoms with Crippen molar-refractivity contribution in [3.05, 3.63) is 65.9 Å². The number of carbonyl (C=O) groups is 1. The summed E-state index contributed by atoms with van der Waals surface area (Å²) >= 11 is 0. The predicted molar refractivity (Wildman–Crippen MR) is 100.0 cm³/mol. The molecule has 2 heterocycles. The van der Waals surface area contributed by atoms with Crippen molar-refractivity contribution >= 4 is 23.1 Å². The van der Waals surface area contributed by atoms with Crippen molar-refractivity contribution in [2.75, 3.05) is 10.6 Å². The SMILES string of the molecule is Cc1cnc(Oc2ccccc2)nc1Nc1ccc2c(c1)CCC(=O)N2. The van der Waals surface area contributed by atoms with E-state index in [-0.39, 0.29) is 11.9 Å². The van der Waals surface area contributed by atoms with Crippen molar-refractivity contribution in [1.82, 2.24) is 9.97 Å². The summed E-state index contributed by atoms with van der Waals surface area (Å²) in [6, 6.07) is 15.6. The highest BCUT2D eigenvalue weighted by molar-refractivity contribution is 5.94. The van der Waals surface area contributed by atoms with Crippen molar-refractivity contribution in [2.45, 2.75) is 19.8 Å². The second kappa shape index (κ2) is 6.84. The molecule has 6 heteroatoms. The van der Waals surface area contributed by atoms with Crippen molar-refractivity contribution < 1.29 is 9.53 Å². The van der Waals surface area contributed by atoms with Gasteiger partial charge in [-0.25, -0.2) is 4.98 Å². The number of hydrogen-bond donors (Lipinski definition) is 2. The number of ether oxygens (including phenoxy) is 1. The van der Waals surface area contributed by atoms with Crippen LogP contribution in [-0.2, 0) is 11.2 Å². The fraction of sp³-hybridized carbons (Fsp3) is 0.150. The van der Waals surface area contributed by atoms with Crippen LogP contribution in [0, 0.1) is 6.92 Å².